The van der Waals surface area contributed by atoms with Gasteiger partial charge in [0, 0.05) is 6.54 Å². The molecule has 14 heavy (non-hydrogen) atoms. The summed E-state index contributed by atoms with van der Waals surface area (Å²) >= 11 is 1.83. The molecular formula is C10H21NO2S. The Hall–Kier alpha value is -0.380. The lowest BCUT2D eigenvalue weighted by molar-refractivity contribution is 0.0527. The number of unbranched alkanes of at least 4 members (excludes halogenated alkanes) is 1. The summed E-state index contributed by atoms with van der Waals surface area (Å²) in [5.41, 5.74) is -0.399. The summed E-state index contributed by atoms with van der Waals surface area (Å²) in [4.78, 5) is 11.2. The number of rotatable bonds is 5. The molecule has 0 aromatic rings. The average Bonchev–Trinajstić information content (AvgIpc) is 2.00. The van der Waals surface area contributed by atoms with Crippen LogP contribution in [0.1, 0.15) is 33.6 Å². The number of carbonyl (C=O) groups excluding carboxylic acids is 1. The maximum Gasteiger partial charge on any atom is 0.407 e. The van der Waals surface area contributed by atoms with Crippen LogP contribution in [0.25, 0.3) is 0 Å². The first-order valence-corrected chi connectivity index (χ1v) is 6.31. The van der Waals surface area contributed by atoms with Gasteiger partial charge in [0.25, 0.3) is 0 Å². The van der Waals surface area contributed by atoms with Crippen molar-refractivity contribution >= 4 is 17.9 Å². The van der Waals surface area contributed by atoms with Gasteiger partial charge in [0.05, 0.1) is 0 Å². The lowest BCUT2D eigenvalue weighted by Gasteiger charge is -2.19. The van der Waals surface area contributed by atoms with Gasteiger partial charge in [0.1, 0.15) is 5.60 Å². The molecule has 0 bridgehead atoms. The van der Waals surface area contributed by atoms with Crippen molar-refractivity contribution in [3.63, 3.8) is 0 Å². The molecule has 0 atom stereocenters. The van der Waals surface area contributed by atoms with Crippen molar-refractivity contribution in [2.24, 2.45) is 0 Å². The van der Waals surface area contributed by atoms with E-state index in [-0.39, 0.29) is 6.09 Å². The molecule has 0 fully saturated rings. The summed E-state index contributed by atoms with van der Waals surface area (Å²) in [6.45, 7) is 6.29. The van der Waals surface area contributed by atoms with Crippen LogP contribution in [0.3, 0.4) is 0 Å². The van der Waals surface area contributed by atoms with E-state index in [0.29, 0.717) is 6.54 Å². The van der Waals surface area contributed by atoms with Crippen molar-refractivity contribution in [3.8, 4) is 0 Å². The molecule has 0 aliphatic carbocycles. The normalized spacial score (nSPS) is 11.1. The van der Waals surface area contributed by atoms with Crippen LogP contribution < -0.4 is 5.32 Å². The summed E-state index contributed by atoms with van der Waals surface area (Å²) < 4.78 is 5.09. The van der Waals surface area contributed by atoms with Gasteiger partial charge in [-0.25, -0.2) is 4.79 Å². The van der Waals surface area contributed by atoms with E-state index < -0.39 is 5.60 Å². The maximum absolute atomic E-state index is 11.2. The second kappa shape index (κ2) is 6.98. The van der Waals surface area contributed by atoms with E-state index in [1.54, 1.807) is 0 Å². The Morgan fingerprint density at radius 3 is 2.50 bits per heavy atom. The van der Waals surface area contributed by atoms with Crippen LogP contribution >= 0.6 is 11.8 Å². The highest BCUT2D eigenvalue weighted by Crippen LogP contribution is 2.06. The molecule has 0 aromatic heterocycles. The van der Waals surface area contributed by atoms with Crippen LogP contribution in [0.5, 0.6) is 0 Å². The molecule has 0 spiro atoms. The number of carbonyl (C=O) groups is 1. The fourth-order valence-corrected chi connectivity index (χ4v) is 1.37. The van der Waals surface area contributed by atoms with E-state index in [9.17, 15) is 4.79 Å². The number of amides is 1. The summed E-state index contributed by atoms with van der Waals surface area (Å²) in [6, 6.07) is 0. The van der Waals surface area contributed by atoms with Gasteiger partial charge >= 0.3 is 6.09 Å². The molecule has 0 saturated carbocycles. The van der Waals surface area contributed by atoms with Gasteiger partial charge < -0.3 is 10.1 Å². The van der Waals surface area contributed by atoms with Crippen molar-refractivity contribution in [1.29, 1.82) is 0 Å². The van der Waals surface area contributed by atoms with Crippen LogP contribution in [-0.4, -0.2) is 30.2 Å². The Kier molecular flexibility index (Phi) is 6.79. The highest BCUT2D eigenvalue weighted by atomic mass is 32.2. The highest BCUT2D eigenvalue weighted by molar-refractivity contribution is 7.98. The topological polar surface area (TPSA) is 38.3 Å². The van der Waals surface area contributed by atoms with Crippen LogP contribution in [0.2, 0.25) is 0 Å². The molecule has 0 aliphatic heterocycles. The van der Waals surface area contributed by atoms with E-state index in [4.69, 9.17) is 4.74 Å². The van der Waals surface area contributed by atoms with Crippen molar-refractivity contribution in [1.82, 2.24) is 5.32 Å². The van der Waals surface area contributed by atoms with Crippen LogP contribution in [0, 0.1) is 0 Å². The Labute approximate surface area is 91.0 Å². The van der Waals surface area contributed by atoms with Crippen LogP contribution in [-0.2, 0) is 4.74 Å². The SMILES string of the molecule is CSCCCCNC(=O)OC(C)(C)C. The second-order valence-electron chi connectivity index (χ2n) is 4.13. The van der Waals surface area contributed by atoms with Crippen molar-refractivity contribution in [2.75, 3.05) is 18.6 Å². The minimum Gasteiger partial charge on any atom is -0.444 e. The predicted molar refractivity (Wildman–Crippen MR) is 61.9 cm³/mol. The molecule has 3 nitrogen and oxygen atoms in total. The molecule has 0 aliphatic rings. The molecule has 1 N–H and O–H groups in total. The van der Waals surface area contributed by atoms with E-state index in [0.717, 1.165) is 18.6 Å². The fourth-order valence-electron chi connectivity index (χ4n) is 0.876. The summed E-state index contributed by atoms with van der Waals surface area (Å²) in [7, 11) is 0. The number of hydrogen-bond acceptors (Lipinski definition) is 3. The van der Waals surface area contributed by atoms with E-state index in [1.807, 2.05) is 32.5 Å². The maximum atomic E-state index is 11.2. The van der Waals surface area contributed by atoms with Gasteiger partial charge in [0.15, 0.2) is 0 Å². The van der Waals surface area contributed by atoms with Gasteiger partial charge in [-0.2, -0.15) is 11.8 Å². The zero-order chi connectivity index (χ0) is 11.0. The van der Waals surface area contributed by atoms with E-state index >= 15 is 0 Å². The van der Waals surface area contributed by atoms with E-state index in [1.165, 1.54) is 0 Å². The third kappa shape index (κ3) is 9.71. The Balaban J connectivity index is 3.36. The molecule has 84 valence electrons. The smallest absolute Gasteiger partial charge is 0.407 e. The zero-order valence-electron chi connectivity index (χ0n) is 9.55. The third-order valence-corrected chi connectivity index (χ3v) is 2.14. The first-order chi connectivity index (χ1) is 6.45. The minimum absolute atomic E-state index is 0.318. The predicted octanol–water partition coefficient (Wildman–Crippen LogP) is 2.65. The van der Waals surface area contributed by atoms with Gasteiger partial charge in [-0.1, -0.05) is 0 Å². The summed E-state index contributed by atoms with van der Waals surface area (Å²) in [6.07, 6.45) is 3.92. The van der Waals surface area contributed by atoms with Crippen molar-refractivity contribution in [3.05, 3.63) is 0 Å². The van der Waals surface area contributed by atoms with Gasteiger partial charge in [-0.15, -0.1) is 0 Å². The quantitative estimate of drug-likeness (QED) is 0.722. The Morgan fingerprint density at radius 1 is 1.36 bits per heavy atom. The molecular weight excluding hydrogens is 198 g/mol. The standard InChI is InChI=1S/C10H21NO2S/c1-10(2,3)13-9(12)11-7-5-6-8-14-4/h5-8H2,1-4H3,(H,11,12). The van der Waals surface area contributed by atoms with Gasteiger partial charge in [-0.05, 0) is 45.6 Å². The van der Waals surface area contributed by atoms with Gasteiger partial charge in [-0.3, -0.25) is 0 Å². The van der Waals surface area contributed by atoms with Gasteiger partial charge in [0.2, 0.25) is 0 Å². The third-order valence-electron chi connectivity index (χ3n) is 1.44. The molecule has 0 radical (unpaired) electrons. The Bertz CT molecular complexity index is 166. The monoisotopic (exact) mass is 219 g/mol. The number of alkyl carbamates (subject to hydrolysis) is 1. The highest BCUT2D eigenvalue weighted by Gasteiger charge is 2.15. The van der Waals surface area contributed by atoms with Crippen molar-refractivity contribution < 1.29 is 9.53 Å². The molecule has 0 unspecified atom stereocenters. The summed E-state index contributed by atoms with van der Waals surface area (Å²) in [5.74, 6) is 1.15. The lowest BCUT2D eigenvalue weighted by atomic mass is 10.2. The average molecular weight is 219 g/mol. The second-order valence-corrected chi connectivity index (χ2v) is 5.11. The largest absolute Gasteiger partial charge is 0.444 e. The molecule has 0 saturated heterocycles. The Morgan fingerprint density at radius 2 is 2.00 bits per heavy atom. The fraction of sp³-hybridized carbons (Fsp3) is 0.900. The lowest BCUT2D eigenvalue weighted by Crippen LogP contribution is -2.33. The molecule has 0 heterocycles. The number of ether oxygens (including phenoxy) is 1. The summed E-state index contributed by atoms with van der Waals surface area (Å²) in [5, 5.41) is 2.73. The number of nitrogens with one attached hydrogen (secondary N) is 1. The molecule has 0 rings (SSSR count). The first-order valence-electron chi connectivity index (χ1n) is 4.91. The minimum atomic E-state index is -0.399. The van der Waals surface area contributed by atoms with Crippen LogP contribution in [0.4, 0.5) is 4.79 Å². The van der Waals surface area contributed by atoms with Crippen molar-refractivity contribution in [2.45, 2.75) is 39.2 Å². The first kappa shape index (κ1) is 13.6. The van der Waals surface area contributed by atoms with Crippen LogP contribution in [0.15, 0.2) is 0 Å². The van der Waals surface area contributed by atoms with E-state index in [2.05, 4.69) is 11.6 Å². The molecule has 4 heteroatoms. The number of thioether (sulfide) groups is 1. The molecule has 0 aromatic carbocycles. The zero-order valence-corrected chi connectivity index (χ0v) is 10.4. The number of hydrogen-bond donors (Lipinski definition) is 1. The molecule has 1 amide bonds.